The maximum Gasteiger partial charge on any atom is 0.273 e. The summed E-state index contributed by atoms with van der Waals surface area (Å²) in [5.41, 5.74) is 5.48. The fourth-order valence-electron chi connectivity index (χ4n) is 4.18. The summed E-state index contributed by atoms with van der Waals surface area (Å²) in [5, 5.41) is 7.55. The van der Waals surface area contributed by atoms with Gasteiger partial charge in [-0.3, -0.25) is 9.89 Å². The van der Waals surface area contributed by atoms with Crippen molar-refractivity contribution in [1.82, 2.24) is 15.1 Å². The monoisotopic (exact) mass is 419 g/mol. The van der Waals surface area contributed by atoms with Crippen molar-refractivity contribution in [3.63, 3.8) is 0 Å². The lowest BCUT2D eigenvalue weighted by Crippen LogP contribution is -2.30. The van der Waals surface area contributed by atoms with Crippen LogP contribution < -0.4 is 9.47 Å². The van der Waals surface area contributed by atoms with E-state index in [9.17, 15) is 4.79 Å². The molecule has 1 aliphatic rings. The van der Waals surface area contributed by atoms with Crippen molar-refractivity contribution in [3.05, 3.63) is 64.8 Å². The van der Waals surface area contributed by atoms with Crippen LogP contribution >= 0.6 is 0 Å². The molecule has 1 unspecified atom stereocenters. The second kappa shape index (κ2) is 8.84. The number of ether oxygens (including phenoxy) is 2. The Labute approximate surface area is 183 Å². The third-order valence-corrected chi connectivity index (χ3v) is 5.54. The molecule has 0 fully saturated rings. The molecule has 162 valence electrons. The number of nitrogens with one attached hydrogen (secondary N) is 1. The fraction of sp³-hybridized carbons (Fsp3) is 0.360. The van der Waals surface area contributed by atoms with E-state index < -0.39 is 0 Å². The molecule has 0 spiro atoms. The zero-order valence-corrected chi connectivity index (χ0v) is 18.6. The zero-order valence-electron chi connectivity index (χ0n) is 18.6. The van der Waals surface area contributed by atoms with Crippen LogP contribution in [0.1, 0.15) is 60.4 Å². The number of H-pyrrole nitrogens is 1. The molecule has 1 atom stereocenters. The first-order chi connectivity index (χ1) is 15.1. The van der Waals surface area contributed by atoms with Gasteiger partial charge in [-0.05, 0) is 44.9 Å². The minimum absolute atomic E-state index is 0.0143. The minimum Gasteiger partial charge on any atom is -0.490 e. The average Bonchev–Trinajstić information content (AvgIpc) is 3.30. The summed E-state index contributed by atoms with van der Waals surface area (Å²) < 4.78 is 11.6. The molecular weight excluding hydrogens is 390 g/mol. The Morgan fingerprint density at radius 1 is 1.00 bits per heavy atom. The van der Waals surface area contributed by atoms with Gasteiger partial charge in [0.05, 0.1) is 24.9 Å². The standard InChI is InChI=1S/C25H29N3O3/c1-5-14-28-24(18-12-13-19(30-6-2)20(15-18)31-7-3)21-22(26-27-23(21)25(28)29)17-10-8-16(4)9-11-17/h8-13,15,24H,5-7,14H2,1-4H3,(H,26,27). The van der Waals surface area contributed by atoms with Gasteiger partial charge in [0, 0.05) is 17.7 Å². The normalized spacial score (nSPS) is 15.3. The van der Waals surface area contributed by atoms with Crippen LogP contribution in [0.5, 0.6) is 11.5 Å². The maximum absolute atomic E-state index is 13.2. The van der Waals surface area contributed by atoms with Gasteiger partial charge < -0.3 is 14.4 Å². The van der Waals surface area contributed by atoms with Gasteiger partial charge in [0.2, 0.25) is 0 Å². The van der Waals surface area contributed by atoms with E-state index in [4.69, 9.17) is 9.47 Å². The van der Waals surface area contributed by atoms with E-state index in [-0.39, 0.29) is 11.9 Å². The third kappa shape index (κ3) is 3.78. The van der Waals surface area contributed by atoms with Crippen LogP contribution in [-0.2, 0) is 0 Å². The first kappa shape index (κ1) is 21.0. The van der Waals surface area contributed by atoms with Crippen molar-refractivity contribution >= 4 is 5.91 Å². The summed E-state index contributed by atoms with van der Waals surface area (Å²) in [7, 11) is 0. The van der Waals surface area contributed by atoms with Gasteiger partial charge in [-0.1, -0.05) is 42.8 Å². The Kier molecular flexibility index (Phi) is 5.98. The molecule has 1 aliphatic heterocycles. The van der Waals surface area contributed by atoms with Crippen LogP contribution in [0.4, 0.5) is 0 Å². The van der Waals surface area contributed by atoms with Gasteiger partial charge in [-0.15, -0.1) is 0 Å². The van der Waals surface area contributed by atoms with E-state index >= 15 is 0 Å². The number of carbonyl (C=O) groups is 1. The molecule has 2 heterocycles. The SMILES string of the molecule is CCCN1C(=O)c2[nH]nc(-c3ccc(C)cc3)c2C1c1ccc(OCC)c(OCC)c1. The molecule has 4 rings (SSSR count). The smallest absolute Gasteiger partial charge is 0.273 e. The lowest BCUT2D eigenvalue weighted by Gasteiger charge is -2.26. The van der Waals surface area contributed by atoms with E-state index in [1.54, 1.807) is 0 Å². The number of fused-ring (bicyclic) bond motifs is 1. The average molecular weight is 420 g/mol. The van der Waals surface area contributed by atoms with Crippen molar-refractivity contribution in [3.8, 4) is 22.8 Å². The fourth-order valence-corrected chi connectivity index (χ4v) is 4.18. The number of hydrogen-bond donors (Lipinski definition) is 1. The molecule has 0 radical (unpaired) electrons. The molecule has 2 aromatic carbocycles. The number of carbonyl (C=O) groups excluding carboxylic acids is 1. The topological polar surface area (TPSA) is 67.5 Å². The van der Waals surface area contributed by atoms with Crippen LogP contribution in [0.15, 0.2) is 42.5 Å². The van der Waals surface area contributed by atoms with Crippen LogP contribution in [0.3, 0.4) is 0 Å². The quantitative estimate of drug-likeness (QED) is 0.549. The van der Waals surface area contributed by atoms with Crippen molar-refractivity contribution < 1.29 is 14.3 Å². The van der Waals surface area contributed by atoms with E-state index in [2.05, 4.69) is 48.3 Å². The molecule has 6 heteroatoms. The number of nitrogens with zero attached hydrogens (tertiary/aromatic N) is 2. The van der Waals surface area contributed by atoms with Crippen molar-refractivity contribution in [2.75, 3.05) is 19.8 Å². The number of hydrogen-bond acceptors (Lipinski definition) is 4. The second-order valence-corrected chi connectivity index (χ2v) is 7.70. The zero-order chi connectivity index (χ0) is 22.0. The molecule has 6 nitrogen and oxygen atoms in total. The van der Waals surface area contributed by atoms with Crippen molar-refractivity contribution in [2.24, 2.45) is 0 Å². The Bertz CT molecular complexity index is 1070. The van der Waals surface area contributed by atoms with Crippen LogP contribution in [-0.4, -0.2) is 40.8 Å². The predicted octanol–water partition coefficient (Wildman–Crippen LogP) is 5.14. The number of rotatable bonds is 8. The number of benzene rings is 2. The van der Waals surface area contributed by atoms with E-state index in [1.165, 1.54) is 5.56 Å². The van der Waals surface area contributed by atoms with Crippen LogP contribution in [0.2, 0.25) is 0 Å². The molecule has 0 saturated heterocycles. The van der Waals surface area contributed by atoms with E-state index in [1.807, 2.05) is 36.9 Å². The van der Waals surface area contributed by atoms with Gasteiger partial charge in [-0.25, -0.2) is 0 Å². The lowest BCUT2D eigenvalue weighted by atomic mass is 9.95. The minimum atomic E-state index is -0.229. The molecule has 1 aromatic heterocycles. The maximum atomic E-state index is 13.2. The van der Waals surface area contributed by atoms with Crippen LogP contribution in [0.25, 0.3) is 11.3 Å². The number of amides is 1. The van der Waals surface area contributed by atoms with E-state index in [0.717, 1.165) is 28.8 Å². The predicted molar refractivity (Wildman–Crippen MR) is 121 cm³/mol. The highest BCUT2D eigenvalue weighted by Gasteiger charge is 2.42. The Hall–Kier alpha value is -3.28. The first-order valence-electron chi connectivity index (χ1n) is 10.9. The molecular formula is C25H29N3O3. The van der Waals surface area contributed by atoms with Gasteiger partial charge in [0.1, 0.15) is 5.69 Å². The summed E-state index contributed by atoms with van der Waals surface area (Å²) in [6.07, 6.45) is 0.870. The molecule has 0 saturated carbocycles. The molecule has 1 N–H and O–H groups in total. The highest BCUT2D eigenvalue weighted by atomic mass is 16.5. The Morgan fingerprint density at radius 3 is 2.39 bits per heavy atom. The van der Waals surface area contributed by atoms with Gasteiger partial charge in [0.25, 0.3) is 5.91 Å². The number of aromatic nitrogens is 2. The second-order valence-electron chi connectivity index (χ2n) is 7.70. The van der Waals surface area contributed by atoms with Crippen molar-refractivity contribution in [2.45, 2.75) is 40.2 Å². The summed E-state index contributed by atoms with van der Waals surface area (Å²) in [4.78, 5) is 15.2. The van der Waals surface area contributed by atoms with Crippen LogP contribution in [0, 0.1) is 6.92 Å². The molecule has 0 aliphatic carbocycles. The Balaban J connectivity index is 1.85. The summed E-state index contributed by atoms with van der Waals surface area (Å²) in [6.45, 7) is 9.81. The third-order valence-electron chi connectivity index (χ3n) is 5.54. The molecule has 3 aromatic rings. The first-order valence-corrected chi connectivity index (χ1v) is 10.9. The molecule has 31 heavy (non-hydrogen) atoms. The highest BCUT2D eigenvalue weighted by molar-refractivity contribution is 6.00. The number of aryl methyl sites for hydroxylation is 1. The Morgan fingerprint density at radius 2 is 1.71 bits per heavy atom. The highest BCUT2D eigenvalue weighted by Crippen LogP contribution is 2.44. The number of aromatic amines is 1. The molecule has 0 bridgehead atoms. The summed E-state index contributed by atoms with van der Waals surface area (Å²) in [5.74, 6) is 1.39. The van der Waals surface area contributed by atoms with E-state index in [0.29, 0.717) is 37.0 Å². The van der Waals surface area contributed by atoms with Gasteiger partial charge in [-0.2, -0.15) is 5.10 Å². The lowest BCUT2D eigenvalue weighted by molar-refractivity contribution is 0.0743. The summed E-state index contributed by atoms with van der Waals surface area (Å²) in [6, 6.07) is 14.0. The van der Waals surface area contributed by atoms with Gasteiger partial charge in [0.15, 0.2) is 11.5 Å². The largest absolute Gasteiger partial charge is 0.490 e. The molecule has 1 amide bonds. The van der Waals surface area contributed by atoms with Crippen molar-refractivity contribution in [1.29, 1.82) is 0 Å². The summed E-state index contributed by atoms with van der Waals surface area (Å²) >= 11 is 0. The van der Waals surface area contributed by atoms with Gasteiger partial charge >= 0.3 is 0 Å².